The smallest absolute Gasteiger partial charge is 0.130 e. The molecule has 0 saturated carbocycles. The summed E-state index contributed by atoms with van der Waals surface area (Å²) in [4.78, 5) is 1.92. The van der Waals surface area contributed by atoms with Gasteiger partial charge in [-0.05, 0) is 12.1 Å². The number of benzene rings is 1. The van der Waals surface area contributed by atoms with Gasteiger partial charge in [0, 0.05) is 31.2 Å². The fourth-order valence-electron chi connectivity index (χ4n) is 1.65. The molecule has 2 rings (SSSR count). The van der Waals surface area contributed by atoms with Crippen LogP contribution in [0.15, 0.2) is 18.2 Å². The van der Waals surface area contributed by atoms with E-state index in [-0.39, 0.29) is 11.6 Å². The second-order valence-corrected chi connectivity index (χ2v) is 3.65. The zero-order valence-corrected chi connectivity index (χ0v) is 7.71. The van der Waals surface area contributed by atoms with Gasteiger partial charge in [-0.25, -0.2) is 8.78 Å². The van der Waals surface area contributed by atoms with Gasteiger partial charge in [0.15, 0.2) is 0 Å². The van der Waals surface area contributed by atoms with Crippen molar-refractivity contribution in [3.05, 3.63) is 35.4 Å². The van der Waals surface area contributed by atoms with Gasteiger partial charge in [0.25, 0.3) is 0 Å². The SMILES string of the molecule is NC1CN(Cc2c(F)cccc2F)C1. The Hall–Kier alpha value is -1.00. The van der Waals surface area contributed by atoms with E-state index in [2.05, 4.69) is 0 Å². The number of nitrogens with zero attached hydrogens (tertiary/aromatic N) is 1. The molecule has 0 aliphatic carbocycles. The summed E-state index contributed by atoms with van der Waals surface area (Å²) in [6.07, 6.45) is 0. The minimum Gasteiger partial charge on any atom is -0.325 e. The average molecular weight is 198 g/mol. The Morgan fingerprint density at radius 1 is 1.29 bits per heavy atom. The van der Waals surface area contributed by atoms with Gasteiger partial charge < -0.3 is 5.73 Å². The molecular formula is C10H12F2N2. The summed E-state index contributed by atoms with van der Waals surface area (Å²) in [5.41, 5.74) is 5.71. The maximum atomic E-state index is 13.2. The molecule has 2 nitrogen and oxygen atoms in total. The lowest BCUT2D eigenvalue weighted by Gasteiger charge is -2.36. The molecule has 1 aliphatic heterocycles. The second kappa shape index (κ2) is 3.63. The standard InChI is InChI=1S/C10H12F2N2/c11-9-2-1-3-10(12)8(9)6-14-4-7(13)5-14/h1-3,7H,4-6,13H2. The highest BCUT2D eigenvalue weighted by Crippen LogP contribution is 2.17. The molecule has 1 aromatic carbocycles. The number of hydrogen-bond acceptors (Lipinski definition) is 2. The van der Waals surface area contributed by atoms with Crippen molar-refractivity contribution in [2.24, 2.45) is 5.73 Å². The fourth-order valence-corrected chi connectivity index (χ4v) is 1.65. The molecule has 1 aliphatic rings. The van der Waals surface area contributed by atoms with Crippen molar-refractivity contribution >= 4 is 0 Å². The van der Waals surface area contributed by atoms with Crippen molar-refractivity contribution in [2.45, 2.75) is 12.6 Å². The lowest BCUT2D eigenvalue weighted by atomic mass is 10.1. The van der Waals surface area contributed by atoms with Crippen LogP contribution < -0.4 is 5.73 Å². The Labute approximate surface area is 81.3 Å². The Morgan fingerprint density at radius 3 is 2.36 bits per heavy atom. The zero-order valence-electron chi connectivity index (χ0n) is 7.71. The zero-order chi connectivity index (χ0) is 10.1. The van der Waals surface area contributed by atoms with Crippen LogP contribution in [-0.2, 0) is 6.54 Å². The first-order chi connectivity index (χ1) is 6.66. The summed E-state index contributed by atoms with van der Waals surface area (Å²) >= 11 is 0. The molecule has 0 aromatic heterocycles. The predicted molar refractivity (Wildman–Crippen MR) is 49.6 cm³/mol. The molecule has 1 fully saturated rings. The van der Waals surface area contributed by atoms with Gasteiger partial charge in [0.05, 0.1) is 0 Å². The first-order valence-corrected chi connectivity index (χ1v) is 4.57. The van der Waals surface area contributed by atoms with Crippen LogP contribution in [0, 0.1) is 11.6 Å². The Kier molecular flexibility index (Phi) is 2.48. The molecule has 1 saturated heterocycles. The van der Waals surface area contributed by atoms with Crippen LogP contribution in [0.3, 0.4) is 0 Å². The molecule has 76 valence electrons. The predicted octanol–water partition coefficient (Wildman–Crippen LogP) is 1.11. The maximum absolute atomic E-state index is 13.2. The van der Waals surface area contributed by atoms with Crippen LogP contribution in [-0.4, -0.2) is 24.0 Å². The number of halogens is 2. The Balaban J connectivity index is 2.09. The summed E-state index contributed by atoms with van der Waals surface area (Å²) in [5.74, 6) is -0.962. The summed E-state index contributed by atoms with van der Waals surface area (Å²) in [5, 5.41) is 0. The molecule has 4 heteroatoms. The number of nitrogens with two attached hydrogens (primary N) is 1. The van der Waals surface area contributed by atoms with Crippen LogP contribution >= 0.6 is 0 Å². The summed E-state index contributed by atoms with van der Waals surface area (Å²) < 4.78 is 26.3. The molecule has 2 N–H and O–H groups in total. The second-order valence-electron chi connectivity index (χ2n) is 3.65. The van der Waals surface area contributed by atoms with Gasteiger partial charge in [-0.1, -0.05) is 6.07 Å². The summed E-state index contributed by atoms with van der Waals surface area (Å²) in [7, 11) is 0. The highest BCUT2D eigenvalue weighted by molar-refractivity contribution is 5.19. The van der Waals surface area contributed by atoms with E-state index in [0.717, 1.165) is 0 Å². The molecule has 0 radical (unpaired) electrons. The van der Waals surface area contributed by atoms with Gasteiger partial charge in [-0.15, -0.1) is 0 Å². The van der Waals surface area contributed by atoms with Crippen LogP contribution in [0.25, 0.3) is 0 Å². The molecule has 1 heterocycles. The van der Waals surface area contributed by atoms with Crippen molar-refractivity contribution < 1.29 is 8.78 Å². The van der Waals surface area contributed by atoms with Crippen LogP contribution in [0.2, 0.25) is 0 Å². The van der Waals surface area contributed by atoms with Crippen LogP contribution in [0.1, 0.15) is 5.56 Å². The first-order valence-electron chi connectivity index (χ1n) is 4.57. The average Bonchev–Trinajstić information content (AvgIpc) is 2.08. The normalized spacial score (nSPS) is 18.2. The van der Waals surface area contributed by atoms with E-state index < -0.39 is 11.6 Å². The van der Waals surface area contributed by atoms with Gasteiger partial charge in [0.2, 0.25) is 0 Å². The quantitative estimate of drug-likeness (QED) is 0.771. The van der Waals surface area contributed by atoms with Gasteiger partial charge in [-0.2, -0.15) is 0 Å². The molecule has 1 aromatic rings. The largest absolute Gasteiger partial charge is 0.325 e. The van der Waals surface area contributed by atoms with Crippen molar-refractivity contribution in [3.63, 3.8) is 0 Å². The van der Waals surface area contributed by atoms with Crippen molar-refractivity contribution in [1.82, 2.24) is 4.90 Å². The summed E-state index contributed by atoms with van der Waals surface area (Å²) in [6.45, 7) is 1.74. The third-order valence-electron chi connectivity index (χ3n) is 2.43. The molecule has 0 unspecified atom stereocenters. The molecule has 0 spiro atoms. The highest BCUT2D eigenvalue weighted by atomic mass is 19.1. The van der Waals surface area contributed by atoms with Crippen LogP contribution in [0.4, 0.5) is 8.78 Å². The van der Waals surface area contributed by atoms with Gasteiger partial charge in [0.1, 0.15) is 11.6 Å². The van der Waals surface area contributed by atoms with E-state index in [0.29, 0.717) is 19.6 Å². The van der Waals surface area contributed by atoms with E-state index in [1.54, 1.807) is 0 Å². The van der Waals surface area contributed by atoms with Gasteiger partial charge >= 0.3 is 0 Å². The van der Waals surface area contributed by atoms with E-state index >= 15 is 0 Å². The first kappa shape index (κ1) is 9.55. The van der Waals surface area contributed by atoms with Crippen molar-refractivity contribution in [3.8, 4) is 0 Å². The van der Waals surface area contributed by atoms with E-state index in [9.17, 15) is 8.78 Å². The Bertz CT molecular complexity index is 315. The minimum atomic E-state index is -0.481. The van der Waals surface area contributed by atoms with Crippen LogP contribution in [0.5, 0.6) is 0 Å². The van der Waals surface area contributed by atoms with Crippen molar-refractivity contribution in [2.75, 3.05) is 13.1 Å². The number of likely N-dealkylation sites (tertiary alicyclic amines) is 1. The maximum Gasteiger partial charge on any atom is 0.130 e. The number of hydrogen-bond donors (Lipinski definition) is 1. The lowest BCUT2D eigenvalue weighted by Crippen LogP contribution is -2.55. The third-order valence-corrected chi connectivity index (χ3v) is 2.43. The minimum absolute atomic E-state index is 0.138. The molecule has 0 atom stereocenters. The lowest BCUT2D eigenvalue weighted by molar-refractivity contribution is 0.139. The summed E-state index contributed by atoms with van der Waals surface area (Å²) in [6, 6.07) is 4.08. The van der Waals surface area contributed by atoms with Gasteiger partial charge in [-0.3, -0.25) is 4.90 Å². The van der Waals surface area contributed by atoms with E-state index in [4.69, 9.17) is 5.73 Å². The van der Waals surface area contributed by atoms with Crippen molar-refractivity contribution in [1.29, 1.82) is 0 Å². The van der Waals surface area contributed by atoms with E-state index in [1.807, 2.05) is 4.90 Å². The Morgan fingerprint density at radius 2 is 1.86 bits per heavy atom. The highest BCUT2D eigenvalue weighted by Gasteiger charge is 2.24. The topological polar surface area (TPSA) is 29.3 Å². The molecular weight excluding hydrogens is 186 g/mol. The monoisotopic (exact) mass is 198 g/mol. The third kappa shape index (κ3) is 1.76. The molecule has 0 amide bonds. The fraction of sp³-hybridized carbons (Fsp3) is 0.400. The van der Waals surface area contributed by atoms with E-state index in [1.165, 1.54) is 18.2 Å². The number of rotatable bonds is 2. The molecule has 14 heavy (non-hydrogen) atoms. The molecule has 0 bridgehead atoms.